The normalized spacial score (nSPS) is 28.3. The second-order valence-corrected chi connectivity index (χ2v) is 9.87. The summed E-state index contributed by atoms with van der Waals surface area (Å²) in [5, 5.41) is 19.9. The van der Waals surface area contributed by atoms with E-state index in [0.29, 0.717) is 4.57 Å². The van der Waals surface area contributed by atoms with Gasteiger partial charge >= 0.3 is 58.7 Å². The minimum absolute atomic E-state index is 0. The van der Waals surface area contributed by atoms with Gasteiger partial charge in [0.05, 0.1) is 6.61 Å². The van der Waals surface area contributed by atoms with Gasteiger partial charge in [0.1, 0.15) is 18.3 Å². The Morgan fingerprint density at radius 2 is 1.63 bits per heavy atom. The number of phosphoric ester groups is 1. The van der Waals surface area contributed by atoms with Gasteiger partial charge in [-0.25, -0.2) is 18.5 Å². The first-order chi connectivity index (χ1) is 13.1. The number of aromatic nitrogens is 2. The van der Waals surface area contributed by atoms with Crippen molar-refractivity contribution in [2.45, 2.75) is 24.5 Å². The summed E-state index contributed by atoms with van der Waals surface area (Å²) in [6.45, 7) is -1.05. The molecule has 1 fully saturated rings. The summed E-state index contributed by atoms with van der Waals surface area (Å²) in [7, 11) is -16.8. The summed E-state index contributed by atoms with van der Waals surface area (Å²) in [5.74, 6) is 0. The SMILES string of the molecule is O=c1cc[15n]([C@@H]2O[C@H](COP(=O)(O)OP(=O)(O)OP(=O)(O)O)[C@@H](O)[C@H]2O)c(=O)[15nH]1.[Na+]. The number of hydrogen-bond acceptors (Lipinski definition) is 11. The van der Waals surface area contributed by atoms with E-state index in [4.69, 9.17) is 19.4 Å². The zero-order valence-corrected chi connectivity index (χ0v) is 19.5. The topological polar surface area (TPSA) is 264 Å². The maximum Gasteiger partial charge on any atom is 1.00 e. The number of H-pyrrole nitrogens is 1. The van der Waals surface area contributed by atoms with Crippen LogP contribution in [-0.2, 0) is 31.6 Å². The number of nitrogens with zero attached hydrogens (tertiary/aromatic N) is 1. The van der Waals surface area contributed by atoms with Crippen LogP contribution in [0.2, 0.25) is 0 Å². The molecule has 1 aromatic rings. The van der Waals surface area contributed by atoms with Crippen molar-refractivity contribution in [3.05, 3.63) is 33.1 Å². The Bertz CT molecular complexity index is 1000. The molecule has 30 heavy (non-hydrogen) atoms. The molecule has 1 aromatic heterocycles. The van der Waals surface area contributed by atoms with Gasteiger partial charge in [-0.2, -0.15) is 8.62 Å². The molecule has 0 aromatic carbocycles. The van der Waals surface area contributed by atoms with Crippen LogP contribution in [0.5, 0.6) is 0 Å². The Morgan fingerprint density at radius 3 is 2.17 bits per heavy atom. The number of phosphoric acid groups is 3. The van der Waals surface area contributed by atoms with Crippen LogP contribution in [0.15, 0.2) is 21.9 Å². The van der Waals surface area contributed by atoms with Crippen molar-refractivity contribution in [3.8, 4) is 0 Å². The molecule has 6 atom stereocenters. The van der Waals surface area contributed by atoms with Gasteiger partial charge in [0.2, 0.25) is 0 Å². The fraction of sp³-hybridized carbons (Fsp3) is 0.556. The third kappa shape index (κ3) is 7.83. The van der Waals surface area contributed by atoms with E-state index in [1.165, 1.54) is 0 Å². The Morgan fingerprint density at radius 1 is 1.03 bits per heavy atom. The molecule has 166 valence electrons. The molecule has 1 saturated heterocycles. The van der Waals surface area contributed by atoms with E-state index in [0.717, 1.165) is 12.3 Å². The largest absolute Gasteiger partial charge is 1.00 e. The summed E-state index contributed by atoms with van der Waals surface area (Å²) in [6, 6.07) is 0.920. The number of hydrogen-bond donors (Lipinski definition) is 7. The molecule has 0 aliphatic carbocycles. The van der Waals surface area contributed by atoms with Crippen LogP contribution in [0.1, 0.15) is 6.23 Å². The first-order valence-corrected chi connectivity index (χ1v) is 11.7. The van der Waals surface area contributed by atoms with Crippen LogP contribution < -0.4 is 40.8 Å². The molecule has 0 spiro atoms. The molecule has 2 unspecified atom stereocenters. The molecular weight excluding hydrogens is 494 g/mol. The van der Waals surface area contributed by atoms with Crippen LogP contribution in [0.25, 0.3) is 0 Å². The van der Waals surface area contributed by atoms with Crippen LogP contribution in [0.4, 0.5) is 0 Å². The molecule has 17 nitrogen and oxygen atoms in total. The van der Waals surface area contributed by atoms with Crippen molar-refractivity contribution >= 4 is 23.5 Å². The van der Waals surface area contributed by atoms with Crippen molar-refractivity contribution in [2.24, 2.45) is 0 Å². The third-order valence-corrected chi connectivity index (χ3v) is 7.08. The number of rotatable bonds is 8. The summed E-state index contributed by atoms with van der Waals surface area (Å²) in [6.07, 6.45) is -5.70. The first-order valence-electron chi connectivity index (χ1n) is 7.22. The fourth-order valence-corrected chi connectivity index (χ4v) is 5.23. The van der Waals surface area contributed by atoms with E-state index in [-0.39, 0.29) is 29.6 Å². The number of aromatic amines is 1. The van der Waals surface area contributed by atoms with Crippen LogP contribution >= 0.6 is 23.5 Å². The summed E-state index contributed by atoms with van der Waals surface area (Å²) < 4.78 is 50.6. The Hall–Kier alpha value is -0.0300. The maximum absolute atomic E-state index is 11.7. The second kappa shape index (κ2) is 10.3. The van der Waals surface area contributed by atoms with Gasteiger partial charge in [-0.15, -0.1) is 0 Å². The first kappa shape index (κ1) is 28.0. The van der Waals surface area contributed by atoms with Crippen molar-refractivity contribution in [1.82, 2.24) is 9.55 Å². The standard InChI is InChI=1S/C9H15N2O15P3.Na/c12-5-1-2-11(9(15)10-5)8-7(14)6(13)4(24-8)3-23-28(19,20)26-29(21,22)25-27(16,17)18;/h1-2,4,6-8,13-14H,3H2,(H,19,20)(H,21,22)(H,10,12,15)(H2,16,17,18);/q;+1/t4-,6-,7-,8-;/m1./s1/i10+1,11+1;. The smallest absolute Gasteiger partial charge is 0.387 e. The van der Waals surface area contributed by atoms with E-state index >= 15 is 0 Å². The van der Waals surface area contributed by atoms with Gasteiger partial charge in [-0.3, -0.25) is 18.9 Å². The molecule has 0 radical (unpaired) electrons. The quantitative estimate of drug-likeness (QED) is 0.127. The molecular formula is C9H15N2NaO15P3+. The second-order valence-electron chi connectivity index (χ2n) is 5.45. The molecule has 21 heteroatoms. The predicted molar refractivity (Wildman–Crippen MR) is 87.1 cm³/mol. The molecule has 7 N–H and O–H groups in total. The Balaban J connectivity index is 0.00000450. The van der Waals surface area contributed by atoms with E-state index in [1.807, 2.05) is 4.98 Å². The van der Waals surface area contributed by atoms with Crippen LogP contribution in [0, 0.1) is 0 Å². The van der Waals surface area contributed by atoms with E-state index in [9.17, 15) is 38.4 Å². The van der Waals surface area contributed by atoms with Crippen molar-refractivity contribution in [2.75, 3.05) is 6.61 Å². The molecule has 1 aliphatic rings. The van der Waals surface area contributed by atoms with Crippen LogP contribution in [0.3, 0.4) is 0 Å². The summed E-state index contributed by atoms with van der Waals surface area (Å²) in [4.78, 5) is 59.9. The summed E-state index contributed by atoms with van der Waals surface area (Å²) in [5.41, 5.74) is -1.74. The van der Waals surface area contributed by atoms with Gasteiger partial charge in [-0.1, -0.05) is 0 Å². The molecule has 0 bridgehead atoms. The minimum Gasteiger partial charge on any atom is -0.387 e. The van der Waals surface area contributed by atoms with Gasteiger partial charge in [0, 0.05) is 12.3 Å². The van der Waals surface area contributed by atoms with Crippen molar-refractivity contribution in [1.29, 1.82) is 0 Å². The maximum atomic E-state index is 11.7. The molecule has 2 rings (SSSR count). The van der Waals surface area contributed by atoms with E-state index in [1.54, 1.807) is 0 Å². The van der Waals surface area contributed by atoms with Crippen LogP contribution in [-0.4, -0.2) is 64.3 Å². The Kier molecular flexibility index (Phi) is 9.59. The van der Waals surface area contributed by atoms with Gasteiger partial charge in [-0.05, 0) is 0 Å². The van der Waals surface area contributed by atoms with E-state index in [2.05, 4.69) is 13.1 Å². The Labute approximate surface area is 188 Å². The average Bonchev–Trinajstić information content (AvgIpc) is 2.78. The monoisotopic (exact) mass is 509 g/mol. The number of aliphatic hydroxyl groups excluding tert-OH is 2. The number of aliphatic hydroxyl groups is 2. The zero-order valence-electron chi connectivity index (χ0n) is 14.8. The number of ether oxygens (including phenoxy) is 1. The molecule has 0 amide bonds. The van der Waals surface area contributed by atoms with Crippen molar-refractivity contribution < 1.29 is 90.9 Å². The van der Waals surface area contributed by atoms with E-state index < -0.39 is 65.9 Å². The molecule has 2 heterocycles. The average molecular weight is 509 g/mol. The number of nitrogens with one attached hydrogen (secondary N) is 1. The minimum atomic E-state index is -5.73. The zero-order chi connectivity index (χ0) is 22.2. The third-order valence-electron chi connectivity index (χ3n) is 3.28. The fourth-order valence-electron chi connectivity index (χ4n) is 2.20. The predicted octanol–water partition coefficient (Wildman–Crippen LogP) is -5.50. The van der Waals surface area contributed by atoms with Crippen molar-refractivity contribution in [3.63, 3.8) is 0 Å². The van der Waals surface area contributed by atoms with Gasteiger partial charge in [0.15, 0.2) is 6.23 Å². The molecule has 1 aliphatic heterocycles. The van der Waals surface area contributed by atoms with Gasteiger partial charge in [0.25, 0.3) is 5.56 Å². The van der Waals surface area contributed by atoms with Gasteiger partial charge < -0.3 is 34.5 Å². The molecule has 0 saturated carbocycles. The summed E-state index contributed by atoms with van der Waals surface area (Å²) >= 11 is 0.